The summed E-state index contributed by atoms with van der Waals surface area (Å²) in [5.74, 6) is 7.58. The van der Waals surface area contributed by atoms with Gasteiger partial charge in [-0.3, -0.25) is 0 Å². The molecule has 0 aliphatic heterocycles. The zero-order valence-corrected chi connectivity index (χ0v) is 23.4. The summed E-state index contributed by atoms with van der Waals surface area (Å²) in [7, 11) is 0. The van der Waals surface area contributed by atoms with Gasteiger partial charge in [0.1, 0.15) is 0 Å². The Labute approximate surface area is 198 Å². The van der Waals surface area contributed by atoms with Crippen LogP contribution in [0.3, 0.4) is 0 Å². The van der Waals surface area contributed by atoms with Crippen LogP contribution in [0.1, 0.15) is 140 Å². The van der Waals surface area contributed by atoms with Crippen LogP contribution in [-0.2, 0) is 0 Å². The van der Waals surface area contributed by atoms with Gasteiger partial charge in [0.05, 0.1) is 0 Å². The highest BCUT2D eigenvalue weighted by atomic mass is 14.7. The van der Waals surface area contributed by atoms with Gasteiger partial charge in [-0.2, -0.15) is 0 Å². The van der Waals surface area contributed by atoms with Crippen molar-refractivity contribution in [3.8, 4) is 0 Å². The smallest absolute Gasteiger partial charge is 0.0215 e. The number of rotatable bonds is 16. The molecule has 0 aromatic heterocycles. The molecule has 2 aliphatic rings. The van der Waals surface area contributed by atoms with Crippen molar-refractivity contribution in [1.29, 1.82) is 0 Å². The van der Waals surface area contributed by atoms with E-state index >= 15 is 0 Å². The molecule has 0 aromatic rings. The summed E-state index contributed by atoms with van der Waals surface area (Å²) < 4.78 is 0. The zero-order chi connectivity index (χ0) is 23.4. The van der Waals surface area contributed by atoms with E-state index in [9.17, 15) is 0 Å². The largest absolute Gasteiger partial charge is 0.0654 e. The molecule has 0 radical (unpaired) electrons. The van der Waals surface area contributed by atoms with E-state index in [2.05, 4.69) is 69.2 Å². The first-order valence-corrected chi connectivity index (χ1v) is 14.6. The van der Waals surface area contributed by atoms with E-state index in [1.54, 1.807) is 0 Å². The van der Waals surface area contributed by atoms with Crippen LogP contribution in [0.5, 0.6) is 0 Å². The molecule has 2 fully saturated rings. The fourth-order valence-corrected chi connectivity index (χ4v) is 8.35. The van der Waals surface area contributed by atoms with Gasteiger partial charge in [0, 0.05) is 0 Å². The van der Waals surface area contributed by atoms with Crippen molar-refractivity contribution in [2.24, 2.45) is 58.2 Å². The number of hydrogen-bond donors (Lipinski definition) is 0. The molecule has 2 rings (SSSR count). The van der Waals surface area contributed by atoms with E-state index in [0.717, 1.165) is 47.3 Å². The van der Waals surface area contributed by atoms with E-state index in [0.29, 0.717) is 10.8 Å². The first-order valence-electron chi connectivity index (χ1n) is 14.6. The fourth-order valence-electron chi connectivity index (χ4n) is 8.35. The molecular weight excluding hydrogens is 372 g/mol. The second-order valence-electron chi connectivity index (χ2n) is 13.0. The Morgan fingerprint density at radius 2 is 1.52 bits per heavy atom. The predicted molar refractivity (Wildman–Crippen MR) is 140 cm³/mol. The quantitative estimate of drug-likeness (QED) is 0.227. The Balaban J connectivity index is 1.81. The topological polar surface area (TPSA) is 0 Å². The van der Waals surface area contributed by atoms with Crippen LogP contribution in [0, 0.1) is 58.2 Å². The molecule has 31 heavy (non-hydrogen) atoms. The molecule has 2 saturated carbocycles. The van der Waals surface area contributed by atoms with Crippen LogP contribution >= 0.6 is 0 Å². The van der Waals surface area contributed by atoms with Crippen molar-refractivity contribution in [3.63, 3.8) is 0 Å². The van der Waals surface area contributed by atoms with Crippen LogP contribution in [0.15, 0.2) is 0 Å². The van der Waals surface area contributed by atoms with Gasteiger partial charge in [0.15, 0.2) is 0 Å². The SMILES string of the molecule is CCCC(CC)C(CCC(CC)CCC1CC1C(C)C1(C)CC1(CC)C(C)C)C(C)C. The highest BCUT2D eigenvalue weighted by Crippen LogP contribution is 2.76. The average molecular weight is 433 g/mol. The molecular formula is C31H60. The van der Waals surface area contributed by atoms with Crippen molar-refractivity contribution in [3.05, 3.63) is 0 Å². The summed E-state index contributed by atoms with van der Waals surface area (Å²) in [6.45, 7) is 24.9. The fraction of sp³-hybridized carbons (Fsp3) is 1.00. The minimum atomic E-state index is 0.623. The van der Waals surface area contributed by atoms with Gasteiger partial charge >= 0.3 is 0 Å². The van der Waals surface area contributed by atoms with Crippen molar-refractivity contribution in [2.45, 2.75) is 140 Å². The molecule has 8 unspecified atom stereocenters. The third-order valence-electron chi connectivity index (χ3n) is 11.1. The summed E-state index contributed by atoms with van der Waals surface area (Å²) in [5.41, 5.74) is 1.27. The van der Waals surface area contributed by atoms with Crippen LogP contribution in [0.4, 0.5) is 0 Å². The number of hydrogen-bond acceptors (Lipinski definition) is 0. The molecule has 2 aliphatic carbocycles. The molecule has 0 aromatic carbocycles. The molecule has 0 heterocycles. The van der Waals surface area contributed by atoms with Gasteiger partial charge < -0.3 is 0 Å². The summed E-state index contributed by atoms with van der Waals surface area (Å²) in [5, 5.41) is 0. The van der Waals surface area contributed by atoms with Crippen LogP contribution in [-0.4, -0.2) is 0 Å². The first-order chi connectivity index (χ1) is 14.6. The van der Waals surface area contributed by atoms with Crippen molar-refractivity contribution >= 4 is 0 Å². The Morgan fingerprint density at radius 3 is 1.97 bits per heavy atom. The Bertz CT molecular complexity index is 518. The second-order valence-corrected chi connectivity index (χ2v) is 13.0. The summed E-state index contributed by atoms with van der Waals surface area (Å²) in [4.78, 5) is 0. The lowest BCUT2D eigenvalue weighted by Crippen LogP contribution is -2.24. The summed E-state index contributed by atoms with van der Waals surface area (Å²) >= 11 is 0. The first kappa shape index (κ1) is 27.2. The molecule has 184 valence electrons. The van der Waals surface area contributed by atoms with Crippen molar-refractivity contribution in [2.75, 3.05) is 0 Å². The minimum Gasteiger partial charge on any atom is -0.0654 e. The maximum absolute atomic E-state index is 2.64. The molecule has 0 heteroatoms. The van der Waals surface area contributed by atoms with Crippen LogP contribution in [0.2, 0.25) is 0 Å². The van der Waals surface area contributed by atoms with Gasteiger partial charge in [-0.25, -0.2) is 0 Å². The molecule has 0 saturated heterocycles. The maximum Gasteiger partial charge on any atom is -0.0215 e. The molecule has 0 amide bonds. The van der Waals surface area contributed by atoms with E-state index < -0.39 is 0 Å². The normalized spacial score (nSPS) is 34.1. The highest BCUT2D eigenvalue weighted by Gasteiger charge is 2.68. The summed E-state index contributed by atoms with van der Waals surface area (Å²) in [6, 6.07) is 0. The van der Waals surface area contributed by atoms with Gasteiger partial charge in [0.25, 0.3) is 0 Å². The summed E-state index contributed by atoms with van der Waals surface area (Å²) in [6.07, 6.45) is 16.0. The highest BCUT2D eigenvalue weighted by molar-refractivity contribution is 5.17. The standard InChI is InChI=1S/C31H60/c1-11-15-26(13-3)28(22(5)6)19-17-25(12-2)16-18-27-20-29(27)24(9)30(10)21-31(30,14-4)23(7)8/h22-29H,11-21H2,1-10H3. The van der Waals surface area contributed by atoms with Gasteiger partial charge in [-0.1, -0.05) is 108 Å². The maximum atomic E-state index is 2.64. The van der Waals surface area contributed by atoms with E-state index in [1.165, 1.54) is 70.6 Å². The third kappa shape index (κ3) is 5.93. The second kappa shape index (κ2) is 11.4. The zero-order valence-electron chi connectivity index (χ0n) is 23.4. The van der Waals surface area contributed by atoms with E-state index in [4.69, 9.17) is 0 Å². The Hall–Kier alpha value is 0. The Morgan fingerprint density at radius 1 is 0.839 bits per heavy atom. The lowest BCUT2D eigenvalue weighted by molar-refractivity contribution is 0.176. The van der Waals surface area contributed by atoms with Crippen molar-refractivity contribution < 1.29 is 0 Å². The average Bonchev–Trinajstić information content (AvgIpc) is 3.63. The van der Waals surface area contributed by atoms with E-state index in [-0.39, 0.29) is 0 Å². The lowest BCUT2D eigenvalue weighted by atomic mass is 9.74. The molecule has 0 nitrogen and oxygen atoms in total. The van der Waals surface area contributed by atoms with Crippen molar-refractivity contribution in [1.82, 2.24) is 0 Å². The third-order valence-corrected chi connectivity index (χ3v) is 11.1. The lowest BCUT2D eigenvalue weighted by Gasteiger charge is -2.31. The molecule has 0 spiro atoms. The van der Waals surface area contributed by atoms with Crippen LogP contribution < -0.4 is 0 Å². The minimum absolute atomic E-state index is 0.623. The van der Waals surface area contributed by atoms with Gasteiger partial charge in [-0.05, 0) is 90.3 Å². The monoisotopic (exact) mass is 432 g/mol. The molecule has 0 N–H and O–H groups in total. The molecule has 0 bridgehead atoms. The van der Waals surface area contributed by atoms with Crippen LogP contribution in [0.25, 0.3) is 0 Å². The van der Waals surface area contributed by atoms with Gasteiger partial charge in [-0.15, -0.1) is 0 Å². The molecule has 8 atom stereocenters. The predicted octanol–water partition coefficient (Wildman–Crippen LogP) is 10.4. The van der Waals surface area contributed by atoms with Gasteiger partial charge in [0.2, 0.25) is 0 Å². The Kier molecular flexibility index (Phi) is 10.0. The van der Waals surface area contributed by atoms with E-state index in [1.807, 2.05) is 0 Å².